The van der Waals surface area contributed by atoms with E-state index in [2.05, 4.69) is 11.4 Å². The van der Waals surface area contributed by atoms with Crippen molar-refractivity contribution in [3.63, 3.8) is 0 Å². The van der Waals surface area contributed by atoms with Crippen molar-refractivity contribution in [1.82, 2.24) is 5.32 Å². The van der Waals surface area contributed by atoms with Crippen molar-refractivity contribution in [3.05, 3.63) is 35.9 Å². The molecule has 0 aliphatic heterocycles. The number of hydrogen-bond donors (Lipinski definition) is 1. The second-order valence-electron chi connectivity index (χ2n) is 5.67. The van der Waals surface area contributed by atoms with E-state index >= 15 is 0 Å². The van der Waals surface area contributed by atoms with Gasteiger partial charge in [-0.25, -0.2) is 0 Å². The summed E-state index contributed by atoms with van der Waals surface area (Å²) in [5.41, 5.74) is -0.133. The van der Waals surface area contributed by atoms with Crippen molar-refractivity contribution in [2.75, 3.05) is 6.54 Å². The molecular weight excluding hydrogens is 224 g/mol. The number of rotatable bonds is 4. The minimum absolute atomic E-state index is 0.0996. The van der Waals surface area contributed by atoms with Crippen LogP contribution in [0.2, 0.25) is 0 Å². The largest absolute Gasteiger partial charge is 0.351 e. The zero-order valence-corrected chi connectivity index (χ0v) is 11.4. The average Bonchev–Trinajstić information content (AvgIpc) is 2.36. The van der Waals surface area contributed by atoms with Crippen LogP contribution in [0.3, 0.4) is 0 Å². The van der Waals surface area contributed by atoms with Crippen LogP contribution in [-0.4, -0.2) is 12.5 Å². The number of nitriles is 1. The van der Waals surface area contributed by atoms with E-state index < -0.39 is 5.41 Å². The van der Waals surface area contributed by atoms with Crippen LogP contribution in [0.25, 0.3) is 0 Å². The first-order chi connectivity index (χ1) is 8.30. The molecule has 0 spiro atoms. The van der Waals surface area contributed by atoms with Gasteiger partial charge in [-0.1, -0.05) is 32.0 Å². The Hall–Kier alpha value is -1.82. The lowest BCUT2D eigenvalue weighted by molar-refractivity contribution is 0.0902. The third kappa shape index (κ3) is 3.10. The van der Waals surface area contributed by atoms with E-state index in [1.54, 1.807) is 12.1 Å². The molecular formula is C15H20N2O. The van der Waals surface area contributed by atoms with Gasteiger partial charge in [0.1, 0.15) is 0 Å². The summed E-state index contributed by atoms with van der Waals surface area (Å²) in [7, 11) is 0. The van der Waals surface area contributed by atoms with E-state index in [-0.39, 0.29) is 11.3 Å². The predicted molar refractivity (Wildman–Crippen MR) is 72.0 cm³/mol. The third-order valence-corrected chi connectivity index (χ3v) is 3.70. The van der Waals surface area contributed by atoms with E-state index in [0.717, 1.165) is 0 Å². The average molecular weight is 244 g/mol. The maximum atomic E-state index is 11.9. The van der Waals surface area contributed by atoms with E-state index in [9.17, 15) is 4.79 Å². The lowest BCUT2D eigenvalue weighted by atomic mass is 9.69. The van der Waals surface area contributed by atoms with Gasteiger partial charge in [0.15, 0.2) is 0 Å². The Morgan fingerprint density at radius 3 is 2.28 bits per heavy atom. The summed E-state index contributed by atoms with van der Waals surface area (Å²) in [6.45, 7) is 8.23. The summed E-state index contributed by atoms with van der Waals surface area (Å²) < 4.78 is 0. The number of carbonyl (C=O) groups is 1. The fourth-order valence-electron chi connectivity index (χ4n) is 1.37. The molecule has 3 nitrogen and oxygen atoms in total. The standard InChI is InChI=1S/C15H20N2O/c1-14(2,10-16)15(3,4)11-17-13(18)12-8-6-5-7-9-12/h5-9H,11H2,1-4H3,(H,17,18). The molecule has 18 heavy (non-hydrogen) atoms. The number of hydrogen-bond acceptors (Lipinski definition) is 2. The number of nitrogens with one attached hydrogen (secondary N) is 1. The SMILES string of the molecule is CC(C)(C#N)C(C)(C)CNC(=O)c1ccccc1. The number of nitrogens with zero attached hydrogens (tertiary/aromatic N) is 1. The maximum absolute atomic E-state index is 11.9. The molecule has 3 heteroatoms. The van der Waals surface area contributed by atoms with Gasteiger partial charge in [-0.3, -0.25) is 4.79 Å². The highest BCUT2D eigenvalue weighted by atomic mass is 16.1. The van der Waals surface area contributed by atoms with Crippen LogP contribution < -0.4 is 5.32 Å². The molecule has 0 atom stereocenters. The van der Waals surface area contributed by atoms with Crippen LogP contribution in [0, 0.1) is 22.2 Å². The monoisotopic (exact) mass is 244 g/mol. The third-order valence-electron chi connectivity index (χ3n) is 3.70. The molecule has 0 saturated heterocycles. The Bertz CT molecular complexity index is 455. The Morgan fingerprint density at radius 1 is 1.22 bits per heavy atom. The molecule has 0 aliphatic carbocycles. The number of amides is 1. The van der Waals surface area contributed by atoms with Crippen molar-refractivity contribution in [1.29, 1.82) is 5.26 Å². The smallest absolute Gasteiger partial charge is 0.251 e. The highest BCUT2D eigenvalue weighted by Gasteiger charge is 2.37. The van der Waals surface area contributed by atoms with Crippen molar-refractivity contribution < 1.29 is 4.79 Å². The second kappa shape index (κ2) is 5.22. The summed E-state index contributed by atoms with van der Waals surface area (Å²) in [6, 6.07) is 11.4. The Balaban J connectivity index is 2.67. The molecule has 1 rings (SSSR count). The highest BCUT2D eigenvalue weighted by Crippen LogP contribution is 2.37. The van der Waals surface area contributed by atoms with Gasteiger partial charge in [-0.2, -0.15) is 5.26 Å². The lowest BCUT2D eigenvalue weighted by Gasteiger charge is -2.36. The topological polar surface area (TPSA) is 52.9 Å². The van der Waals surface area contributed by atoms with Gasteiger partial charge in [0.25, 0.3) is 5.91 Å². The van der Waals surface area contributed by atoms with Crippen LogP contribution in [0.4, 0.5) is 0 Å². The zero-order chi connectivity index (χ0) is 13.8. The highest BCUT2D eigenvalue weighted by molar-refractivity contribution is 5.94. The van der Waals surface area contributed by atoms with Crippen molar-refractivity contribution in [3.8, 4) is 6.07 Å². The summed E-state index contributed by atoms with van der Waals surface area (Å²) in [5.74, 6) is -0.0996. The quantitative estimate of drug-likeness (QED) is 0.885. The molecule has 0 aliphatic rings. The van der Waals surface area contributed by atoms with Gasteiger partial charge in [0.05, 0.1) is 11.5 Å². The van der Waals surface area contributed by atoms with E-state index in [1.807, 2.05) is 45.9 Å². The number of carbonyl (C=O) groups excluding carboxylic acids is 1. The Labute approximate surface area is 109 Å². The molecule has 0 bridgehead atoms. The molecule has 0 heterocycles. The first-order valence-electron chi connectivity index (χ1n) is 6.05. The van der Waals surface area contributed by atoms with Crippen LogP contribution in [-0.2, 0) is 0 Å². The Kier molecular flexibility index (Phi) is 4.13. The van der Waals surface area contributed by atoms with Gasteiger partial charge < -0.3 is 5.32 Å². The van der Waals surface area contributed by atoms with Gasteiger partial charge in [0, 0.05) is 17.5 Å². The van der Waals surface area contributed by atoms with Crippen LogP contribution in [0.5, 0.6) is 0 Å². The van der Waals surface area contributed by atoms with Gasteiger partial charge in [0.2, 0.25) is 0 Å². The van der Waals surface area contributed by atoms with Crippen LogP contribution in [0.15, 0.2) is 30.3 Å². The minimum Gasteiger partial charge on any atom is -0.351 e. The molecule has 0 aromatic heterocycles. The second-order valence-corrected chi connectivity index (χ2v) is 5.67. The summed E-state index contributed by atoms with van der Waals surface area (Å²) in [5, 5.41) is 12.0. The molecule has 1 aromatic rings. The summed E-state index contributed by atoms with van der Waals surface area (Å²) in [6.07, 6.45) is 0. The molecule has 1 N–H and O–H groups in total. The van der Waals surface area contributed by atoms with Crippen molar-refractivity contribution in [2.45, 2.75) is 27.7 Å². The molecule has 0 fully saturated rings. The van der Waals surface area contributed by atoms with E-state index in [1.165, 1.54) is 0 Å². The molecule has 0 radical (unpaired) electrons. The fraction of sp³-hybridized carbons (Fsp3) is 0.467. The summed E-state index contributed by atoms with van der Waals surface area (Å²) in [4.78, 5) is 11.9. The van der Waals surface area contributed by atoms with Gasteiger partial charge in [-0.15, -0.1) is 0 Å². The van der Waals surface area contributed by atoms with E-state index in [4.69, 9.17) is 5.26 Å². The molecule has 1 aromatic carbocycles. The lowest BCUT2D eigenvalue weighted by Crippen LogP contribution is -2.42. The molecule has 96 valence electrons. The number of benzene rings is 1. The van der Waals surface area contributed by atoms with Crippen molar-refractivity contribution >= 4 is 5.91 Å². The van der Waals surface area contributed by atoms with Crippen LogP contribution in [0.1, 0.15) is 38.1 Å². The maximum Gasteiger partial charge on any atom is 0.251 e. The summed E-state index contributed by atoms with van der Waals surface area (Å²) >= 11 is 0. The molecule has 0 saturated carbocycles. The Morgan fingerprint density at radius 2 is 1.78 bits per heavy atom. The van der Waals surface area contributed by atoms with E-state index in [0.29, 0.717) is 12.1 Å². The minimum atomic E-state index is -0.489. The molecule has 1 amide bonds. The van der Waals surface area contributed by atoms with Crippen LogP contribution >= 0.6 is 0 Å². The normalized spacial score (nSPS) is 11.7. The zero-order valence-electron chi connectivity index (χ0n) is 11.4. The van der Waals surface area contributed by atoms with Gasteiger partial charge >= 0.3 is 0 Å². The first kappa shape index (κ1) is 14.2. The first-order valence-corrected chi connectivity index (χ1v) is 6.05. The van der Waals surface area contributed by atoms with Crippen molar-refractivity contribution in [2.24, 2.45) is 10.8 Å². The predicted octanol–water partition coefficient (Wildman–Crippen LogP) is 2.99. The molecule has 0 unspecified atom stereocenters. The fourth-order valence-corrected chi connectivity index (χ4v) is 1.37. The van der Waals surface area contributed by atoms with Gasteiger partial charge in [-0.05, 0) is 26.0 Å².